The number of nitrogens with zero attached hydrogens (tertiary/aromatic N) is 2. The molecule has 476 valence electrons. The highest BCUT2D eigenvalue weighted by Gasteiger charge is 2.40. The average Bonchev–Trinajstić information content (AvgIpc) is 4.59. The second-order valence-corrected chi connectivity index (χ2v) is 22.2. The number of carbonyl (C=O) groups is 12. The van der Waals surface area contributed by atoms with Crippen LogP contribution in [0.3, 0.4) is 0 Å². The number of nitrogens with two attached hydrogens (primary N) is 2. The molecule has 2 fully saturated rings. The first-order valence-corrected chi connectivity index (χ1v) is 29.1. The fourth-order valence-electron chi connectivity index (χ4n) is 10.3. The Hall–Kier alpha value is -9.45. The quantitative estimate of drug-likeness (QED) is 0.0206. The molecule has 2 aliphatic heterocycles. The summed E-state index contributed by atoms with van der Waals surface area (Å²) in [6.45, 7) is 2.31. The zero-order valence-electron chi connectivity index (χ0n) is 48.9. The Morgan fingerprint density at radius 2 is 1.32 bits per heavy atom. The van der Waals surface area contributed by atoms with Crippen molar-refractivity contribution >= 4 is 81.9 Å². The Morgan fingerprint density at radius 3 is 1.94 bits per heavy atom. The van der Waals surface area contributed by atoms with Crippen LogP contribution >= 0.6 is 0 Å². The number of primary amides is 1. The van der Waals surface area contributed by atoms with Crippen LogP contribution in [-0.4, -0.2) is 187 Å². The Bertz CT molecular complexity index is 3120. The number of benzene rings is 2. The number of imidazole rings is 1. The van der Waals surface area contributed by atoms with Gasteiger partial charge in [0.25, 0.3) is 0 Å². The van der Waals surface area contributed by atoms with Gasteiger partial charge in [-0.05, 0) is 93.2 Å². The minimum absolute atomic E-state index is 0.0678. The van der Waals surface area contributed by atoms with Gasteiger partial charge < -0.3 is 89.5 Å². The van der Waals surface area contributed by atoms with Crippen LogP contribution in [0.25, 0.3) is 10.9 Å². The Kier molecular flexibility index (Phi) is 25.3. The molecule has 0 saturated carbocycles. The molecule has 0 bridgehead atoms. The van der Waals surface area contributed by atoms with Gasteiger partial charge in [-0.3, -0.25) is 57.5 Å². The van der Waals surface area contributed by atoms with Crippen LogP contribution in [0.1, 0.15) is 94.9 Å². The summed E-state index contributed by atoms with van der Waals surface area (Å²) in [7, 11) is 0. The number of para-hydroxylation sites is 1. The lowest BCUT2D eigenvalue weighted by atomic mass is 10.0. The Morgan fingerprint density at radius 1 is 0.705 bits per heavy atom. The van der Waals surface area contributed by atoms with Crippen LogP contribution < -0.4 is 59.3 Å². The van der Waals surface area contributed by atoms with Gasteiger partial charge in [-0.25, -0.2) is 4.98 Å². The van der Waals surface area contributed by atoms with E-state index in [2.05, 4.69) is 62.8 Å². The number of phenols is 1. The highest BCUT2D eigenvalue weighted by Crippen LogP contribution is 2.23. The van der Waals surface area contributed by atoms with Gasteiger partial charge in [-0.2, -0.15) is 0 Å². The number of aromatic nitrogens is 3. The number of H-pyrrole nitrogens is 2. The van der Waals surface area contributed by atoms with Crippen molar-refractivity contribution in [1.29, 1.82) is 0 Å². The summed E-state index contributed by atoms with van der Waals surface area (Å²) < 4.78 is 0. The number of unbranched alkanes of at least 4 members (excludes halogenated alkanes) is 1. The van der Waals surface area contributed by atoms with Crippen LogP contribution in [-0.2, 0) is 76.8 Å². The van der Waals surface area contributed by atoms with E-state index in [-0.39, 0.29) is 82.0 Å². The molecule has 18 N–H and O–H groups in total. The van der Waals surface area contributed by atoms with E-state index in [1.165, 1.54) is 41.7 Å². The lowest BCUT2D eigenvalue weighted by molar-refractivity contribution is -0.142. The molecule has 2 saturated heterocycles. The van der Waals surface area contributed by atoms with Crippen LogP contribution in [0.4, 0.5) is 0 Å². The van der Waals surface area contributed by atoms with Crippen molar-refractivity contribution in [2.75, 3.05) is 26.2 Å². The second-order valence-electron chi connectivity index (χ2n) is 22.2. The van der Waals surface area contributed by atoms with Crippen molar-refractivity contribution in [1.82, 2.24) is 67.7 Å². The number of likely N-dealkylation sites (tertiary alicyclic amines) is 1. The predicted octanol–water partition coefficient (Wildman–Crippen LogP) is -3.08. The van der Waals surface area contributed by atoms with Crippen LogP contribution in [0.15, 0.2) is 67.3 Å². The number of aliphatic hydroxyl groups is 1. The van der Waals surface area contributed by atoms with Crippen LogP contribution in [0, 0.1) is 5.92 Å². The number of carboxylic acids is 1. The number of amides is 11. The largest absolute Gasteiger partial charge is 0.508 e. The second kappa shape index (κ2) is 32.9. The fourth-order valence-corrected chi connectivity index (χ4v) is 10.3. The lowest BCUT2D eigenvalue weighted by Gasteiger charge is -2.30. The maximum absolute atomic E-state index is 14.7. The average molecular weight is 1230 g/mol. The number of rotatable bonds is 34. The fraction of sp³-hybridized carbons (Fsp3) is 0.500. The molecule has 0 aliphatic carbocycles. The van der Waals surface area contributed by atoms with E-state index in [0.29, 0.717) is 47.0 Å². The van der Waals surface area contributed by atoms with Gasteiger partial charge in [0.15, 0.2) is 0 Å². The SMILES string of the molecule is CC(C)CC(NC(=O)C(CO)NC(=O)C(Cc1ccc(O)cc1)NC(=O)C(Cc1cnc[nH]1)NC(=O)C1CCC(=O)N1)C(=O)NC(CCC(=O)O)C(=O)NC(Cc1c[nH]c2ccccc12)C(=O)NC(CCCCN)C(=O)N1CCCC1C(=O)NCC(N)=O. The summed E-state index contributed by atoms with van der Waals surface area (Å²) in [6, 6.07) is 0.199. The van der Waals surface area contributed by atoms with E-state index >= 15 is 0 Å². The molecule has 0 spiro atoms. The maximum atomic E-state index is 14.7. The maximum Gasteiger partial charge on any atom is 0.303 e. The number of aliphatic carboxylic acids is 1. The Labute approximate surface area is 506 Å². The molecule has 4 heterocycles. The first-order chi connectivity index (χ1) is 42.0. The van der Waals surface area contributed by atoms with Crippen LogP contribution in [0.5, 0.6) is 5.75 Å². The minimum atomic E-state index is -1.79. The number of fused-ring (bicyclic) bond motifs is 1. The summed E-state index contributed by atoms with van der Waals surface area (Å²) in [4.78, 5) is 174. The van der Waals surface area contributed by atoms with Crippen molar-refractivity contribution in [3.05, 3.63) is 84.1 Å². The number of aromatic hydroxyl groups is 1. The molecule has 11 amide bonds. The number of aromatic amines is 2. The number of nitrogens with one attached hydrogen (secondary N) is 11. The molecule has 6 rings (SSSR count). The summed E-state index contributed by atoms with van der Waals surface area (Å²) in [6.07, 6.45) is 4.34. The van der Waals surface area contributed by atoms with Gasteiger partial charge in [0.1, 0.15) is 60.1 Å². The van der Waals surface area contributed by atoms with Crippen molar-refractivity contribution in [3.8, 4) is 5.75 Å². The molecule has 30 heteroatoms. The third-order valence-electron chi connectivity index (χ3n) is 14.9. The van der Waals surface area contributed by atoms with Gasteiger partial charge in [-0.1, -0.05) is 44.2 Å². The van der Waals surface area contributed by atoms with E-state index in [1.54, 1.807) is 44.3 Å². The number of hydrogen-bond donors (Lipinski definition) is 16. The van der Waals surface area contributed by atoms with E-state index in [1.807, 2.05) is 0 Å². The first-order valence-electron chi connectivity index (χ1n) is 29.1. The van der Waals surface area contributed by atoms with Gasteiger partial charge in [0.2, 0.25) is 65.0 Å². The van der Waals surface area contributed by atoms with Crippen molar-refractivity contribution in [3.63, 3.8) is 0 Å². The Balaban J connectivity index is 1.22. The first kappa shape index (κ1) is 67.7. The van der Waals surface area contributed by atoms with Crippen molar-refractivity contribution < 1.29 is 72.9 Å². The number of phenolic OH excluding ortho intramolecular Hbond substituents is 1. The molecule has 2 aromatic carbocycles. The third-order valence-corrected chi connectivity index (χ3v) is 14.9. The minimum Gasteiger partial charge on any atom is -0.508 e. The summed E-state index contributed by atoms with van der Waals surface area (Å²) in [5.74, 6) is -10.7. The van der Waals surface area contributed by atoms with Gasteiger partial charge >= 0.3 is 5.97 Å². The monoisotopic (exact) mass is 1230 g/mol. The van der Waals surface area contributed by atoms with Crippen LogP contribution in [0.2, 0.25) is 0 Å². The van der Waals surface area contributed by atoms with Gasteiger partial charge in [-0.15, -0.1) is 0 Å². The van der Waals surface area contributed by atoms with Gasteiger partial charge in [0.05, 0.1) is 19.5 Å². The normalized spacial score (nSPS) is 17.0. The standard InChI is InChI=1S/C58H79N15O15/c1-31(2)22-41(68-56(86)45(29-74)72-53(83)42(23-32-12-14-35(75)15-13-32)69-55(85)44(25-34-27-61-30-64-34)71-50(80)38-16-18-48(77)65-38)52(82)66-39(17-19-49(78)79)51(81)70-43(24-33-26-62-37-9-4-3-8-36(33)37)54(84)67-40(10-5-6-20-59)58(88)73-21-7-11-46(73)57(87)63-28-47(60)76/h3-4,8-9,12-15,26-27,30-31,38-46,62,74-75H,5-7,10-11,16-25,28-29,59H2,1-2H3,(H2,60,76)(H,61,64)(H,63,87)(H,65,77)(H,66,82)(H,67,84)(H,68,86)(H,69,85)(H,70,81)(H,71,80)(H,72,83)(H,78,79). The predicted molar refractivity (Wildman–Crippen MR) is 314 cm³/mol. The molecule has 9 atom stereocenters. The topological polar surface area (TPSA) is 474 Å². The number of carbonyl (C=O) groups excluding carboxylic acids is 11. The lowest BCUT2D eigenvalue weighted by Crippen LogP contribution is -2.61. The molecule has 9 unspecified atom stereocenters. The zero-order valence-corrected chi connectivity index (χ0v) is 48.9. The molecule has 2 aliphatic rings. The molecule has 88 heavy (non-hydrogen) atoms. The molecule has 30 nitrogen and oxygen atoms in total. The summed E-state index contributed by atoms with van der Waals surface area (Å²) >= 11 is 0. The highest BCUT2D eigenvalue weighted by atomic mass is 16.4. The van der Waals surface area contributed by atoms with E-state index < -0.39 is 145 Å². The summed E-state index contributed by atoms with van der Waals surface area (Å²) in [5, 5.41) is 54.2. The molecule has 0 radical (unpaired) electrons. The summed E-state index contributed by atoms with van der Waals surface area (Å²) in [5.41, 5.74) is 13.1. The third kappa shape index (κ3) is 20.1. The van der Waals surface area contributed by atoms with E-state index in [4.69, 9.17) is 11.5 Å². The molecule has 2 aromatic heterocycles. The van der Waals surface area contributed by atoms with E-state index in [9.17, 15) is 72.9 Å². The smallest absolute Gasteiger partial charge is 0.303 e. The highest BCUT2D eigenvalue weighted by molar-refractivity contribution is 6.00. The van der Waals surface area contributed by atoms with Gasteiger partial charge in [0, 0.05) is 67.6 Å². The molecular formula is C58H79N15O15. The number of aliphatic hydroxyl groups excluding tert-OH is 1. The zero-order chi connectivity index (χ0) is 64.0. The van der Waals surface area contributed by atoms with Crippen molar-refractivity contribution in [2.24, 2.45) is 17.4 Å². The number of hydrogen-bond acceptors (Lipinski definition) is 16. The number of carboxylic acid groups (broad SMARTS) is 1. The molecule has 4 aromatic rings. The van der Waals surface area contributed by atoms with E-state index in [0.717, 1.165) is 0 Å². The van der Waals surface area contributed by atoms with Crippen molar-refractivity contribution in [2.45, 2.75) is 152 Å². The molecular weight excluding hydrogens is 1150 g/mol.